The van der Waals surface area contributed by atoms with Gasteiger partial charge in [-0.3, -0.25) is 9.88 Å². The van der Waals surface area contributed by atoms with Crippen molar-refractivity contribution in [1.82, 2.24) is 9.88 Å². The Kier molecular flexibility index (Phi) is 3.66. The van der Waals surface area contributed by atoms with Crippen LogP contribution in [0, 0.1) is 0 Å². The zero-order valence-corrected chi connectivity index (χ0v) is 12.4. The van der Waals surface area contributed by atoms with Crippen molar-refractivity contribution in [2.45, 2.75) is 25.8 Å². The Morgan fingerprint density at radius 2 is 2.21 bits per heavy atom. The number of rotatable bonds is 2. The number of hydrogen-bond acceptors (Lipinski definition) is 2. The Labute approximate surface area is 123 Å². The minimum atomic E-state index is 0.513. The highest BCUT2D eigenvalue weighted by Crippen LogP contribution is 2.32. The lowest BCUT2D eigenvalue weighted by atomic mass is 9.97. The van der Waals surface area contributed by atoms with Gasteiger partial charge in [0.1, 0.15) is 0 Å². The number of likely N-dealkylation sites (N-methyl/N-ethyl adjacent to an activating group) is 1. The fourth-order valence-corrected chi connectivity index (χ4v) is 3.32. The number of benzene rings is 1. The van der Waals surface area contributed by atoms with Crippen LogP contribution in [0.1, 0.15) is 23.7 Å². The Balaban J connectivity index is 2.26. The second-order valence-electron chi connectivity index (χ2n) is 4.90. The second-order valence-corrected chi connectivity index (χ2v) is 5.58. The molecule has 0 fully saturated rings. The van der Waals surface area contributed by atoms with Gasteiger partial charge in [0, 0.05) is 36.5 Å². The Bertz CT molecular complexity index is 625. The molecule has 0 bridgehead atoms. The van der Waals surface area contributed by atoms with Crippen molar-refractivity contribution >= 4 is 34.1 Å². The molecule has 1 aliphatic heterocycles. The minimum absolute atomic E-state index is 0.513. The van der Waals surface area contributed by atoms with Gasteiger partial charge in [0.15, 0.2) is 0 Å². The summed E-state index contributed by atoms with van der Waals surface area (Å²) >= 11 is 12.5. The minimum Gasteiger partial charge on any atom is -0.299 e. The van der Waals surface area contributed by atoms with E-state index in [1.165, 1.54) is 16.8 Å². The number of alkyl halides is 1. The number of pyridine rings is 1. The summed E-state index contributed by atoms with van der Waals surface area (Å²) in [7, 11) is 0. The third kappa shape index (κ3) is 2.22. The van der Waals surface area contributed by atoms with E-state index < -0.39 is 0 Å². The number of hydrogen-bond donors (Lipinski definition) is 0. The van der Waals surface area contributed by atoms with Crippen molar-refractivity contribution in [1.29, 1.82) is 0 Å². The molecule has 0 radical (unpaired) electrons. The number of fused-ring (bicyclic) bond motifs is 2. The molecule has 4 heteroatoms. The van der Waals surface area contributed by atoms with Crippen molar-refractivity contribution in [3.05, 3.63) is 40.0 Å². The van der Waals surface area contributed by atoms with Gasteiger partial charge < -0.3 is 0 Å². The van der Waals surface area contributed by atoms with Crippen molar-refractivity contribution in [2.24, 2.45) is 0 Å². The number of nitrogens with zero attached hydrogens (tertiary/aromatic N) is 2. The van der Waals surface area contributed by atoms with Gasteiger partial charge in [0.25, 0.3) is 0 Å². The zero-order chi connectivity index (χ0) is 13.4. The SMILES string of the molecule is CCN1CCc2nc3c(Cl)cccc3c(CCl)c2C1. The number of halogens is 2. The third-order valence-corrected chi connectivity index (χ3v) is 4.47. The van der Waals surface area contributed by atoms with Crippen molar-refractivity contribution in [3.8, 4) is 0 Å². The molecule has 0 saturated carbocycles. The molecule has 1 aromatic heterocycles. The molecule has 2 nitrogen and oxygen atoms in total. The summed E-state index contributed by atoms with van der Waals surface area (Å²) in [5, 5.41) is 1.81. The first-order valence-corrected chi connectivity index (χ1v) is 7.53. The van der Waals surface area contributed by atoms with Crippen molar-refractivity contribution < 1.29 is 0 Å². The molecule has 19 heavy (non-hydrogen) atoms. The van der Waals surface area contributed by atoms with E-state index in [2.05, 4.69) is 17.9 Å². The summed E-state index contributed by atoms with van der Waals surface area (Å²) in [6.07, 6.45) is 0.980. The molecular weight excluding hydrogens is 279 g/mol. The molecular formula is C15H16Cl2N2. The molecule has 0 spiro atoms. The van der Waals surface area contributed by atoms with Gasteiger partial charge >= 0.3 is 0 Å². The molecule has 2 heterocycles. The highest BCUT2D eigenvalue weighted by atomic mass is 35.5. The van der Waals surface area contributed by atoms with E-state index in [9.17, 15) is 0 Å². The van der Waals surface area contributed by atoms with Crippen LogP contribution in [-0.4, -0.2) is 23.0 Å². The maximum atomic E-state index is 6.27. The van der Waals surface area contributed by atoms with E-state index in [0.29, 0.717) is 10.9 Å². The summed E-state index contributed by atoms with van der Waals surface area (Å²) in [5.41, 5.74) is 4.56. The Hall–Kier alpha value is -0.830. The quantitative estimate of drug-likeness (QED) is 0.778. The molecule has 0 atom stereocenters. The van der Waals surface area contributed by atoms with Crippen LogP contribution in [0.5, 0.6) is 0 Å². The predicted octanol–water partition coefficient (Wildman–Crippen LogP) is 4.01. The van der Waals surface area contributed by atoms with Gasteiger partial charge in [-0.15, -0.1) is 11.6 Å². The average molecular weight is 295 g/mol. The van der Waals surface area contributed by atoms with Gasteiger partial charge in [-0.25, -0.2) is 0 Å². The van der Waals surface area contributed by atoms with Crippen LogP contribution < -0.4 is 0 Å². The monoisotopic (exact) mass is 294 g/mol. The molecule has 100 valence electrons. The van der Waals surface area contributed by atoms with E-state index in [1.807, 2.05) is 12.1 Å². The summed E-state index contributed by atoms with van der Waals surface area (Å²) in [6.45, 7) is 5.27. The number of aromatic nitrogens is 1. The lowest BCUT2D eigenvalue weighted by Crippen LogP contribution is -2.31. The first-order valence-electron chi connectivity index (χ1n) is 6.61. The van der Waals surface area contributed by atoms with Crippen LogP contribution in [0.3, 0.4) is 0 Å². The maximum Gasteiger partial charge on any atom is 0.0894 e. The predicted molar refractivity (Wildman–Crippen MR) is 81.0 cm³/mol. The van der Waals surface area contributed by atoms with Gasteiger partial charge in [0.05, 0.1) is 10.5 Å². The topological polar surface area (TPSA) is 16.1 Å². The largest absolute Gasteiger partial charge is 0.299 e. The Morgan fingerprint density at radius 3 is 2.95 bits per heavy atom. The molecule has 2 aromatic rings. The molecule has 1 aromatic carbocycles. The van der Waals surface area contributed by atoms with Gasteiger partial charge in [-0.05, 0) is 23.7 Å². The van der Waals surface area contributed by atoms with Gasteiger partial charge in [-0.2, -0.15) is 0 Å². The van der Waals surface area contributed by atoms with Crippen LogP contribution in [-0.2, 0) is 18.8 Å². The lowest BCUT2D eigenvalue weighted by molar-refractivity contribution is 0.265. The van der Waals surface area contributed by atoms with E-state index in [1.54, 1.807) is 0 Å². The van der Waals surface area contributed by atoms with Gasteiger partial charge in [0.2, 0.25) is 0 Å². The standard InChI is InChI=1S/C15H16Cl2N2/c1-2-19-7-6-14-12(9-19)11(8-16)10-4-3-5-13(17)15(10)18-14/h3-5H,2,6-9H2,1H3. The highest BCUT2D eigenvalue weighted by Gasteiger charge is 2.21. The van der Waals surface area contributed by atoms with Crippen molar-refractivity contribution in [2.75, 3.05) is 13.1 Å². The van der Waals surface area contributed by atoms with Crippen LogP contribution in [0.4, 0.5) is 0 Å². The first-order chi connectivity index (χ1) is 9.24. The van der Waals surface area contributed by atoms with Crippen LogP contribution in [0.15, 0.2) is 18.2 Å². The Morgan fingerprint density at radius 1 is 1.37 bits per heavy atom. The van der Waals surface area contributed by atoms with Crippen LogP contribution >= 0.6 is 23.2 Å². The van der Waals surface area contributed by atoms with Crippen LogP contribution in [0.2, 0.25) is 5.02 Å². The average Bonchev–Trinajstić information content (AvgIpc) is 2.45. The van der Waals surface area contributed by atoms with E-state index in [4.69, 9.17) is 28.2 Å². The fraction of sp³-hybridized carbons (Fsp3) is 0.400. The number of para-hydroxylation sites is 1. The fourth-order valence-electron chi connectivity index (χ4n) is 2.79. The van der Waals surface area contributed by atoms with Crippen molar-refractivity contribution in [3.63, 3.8) is 0 Å². The molecule has 0 aliphatic carbocycles. The maximum absolute atomic E-state index is 6.27. The van der Waals surface area contributed by atoms with E-state index in [0.717, 1.165) is 37.0 Å². The molecule has 1 aliphatic rings. The van der Waals surface area contributed by atoms with E-state index >= 15 is 0 Å². The summed E-state index contributed by atoms with van der Waals surface area (Å²) < 4.78 is 0. The normalized spacial score (nSPS) is 15.7. The van der Waals surface area contributed by atoms with Crippen LogP contribution in [0.25, 0.3) is 10.9 Å². The van der Waals surface area contributed by atoms with Gasteiger partial charge in [-0.1, -0.05) is 30.7 Å². The highest BCUT2D eigenvalue weighted by molar-refractivity contribution is 6.35. The second kappa shape index (κ2) is 5.28. The molecule has 3 rings (SSSR count). The molecule has 0 unspecified atom stereocenters. The summed E-state index contributed by atoms with van der Waals surface area (Å²) in [6, 6.07) is 5.93. The first kappa shape index (κ1) is 13.2. The third-order valence-electron chi connectivity index (χ3n) is 3.90. The molecule has 0 saturated heterocycles. The smallest absolute Gasteiger partial charge is 0.0894 e. The summed E-state index contributed by atoms with van der Waals surface area (Å²) in [5.74, 6) is 0.513. The lowest BCUT2D eigenvalue weighted by Gasteiger charge is -2.29. The zero-order valence-electron chi connectivity index (χ0n) is 10.9. The molecule has 0 N–H and O–H groups in total. The summed E-state index contributed by atoms with van der Waals surface area (Å²) in [4.78, 5) is 7.20. The molecule has 0 amide bonds. The van der Waals surface area contributed by atoms with E-state index in [-0.39, 0.29) is 0 Å².